The summed E-state index contributed by atoms with van der Waals surface area (Å²) in [6, 6.07) is 13.8. The summed E-state index contributed by atoms with van der Waals surface area (Å²) in [6.45, 7) is 9.78. The molecule has 4 rings (SSSR count). The maximum Gasteiger partial charge on any atom is 0.256 e. The number of hydrogen-bond donors (Lipinski definition) is 1. The Hall–Kier alpha value is -2.90. The van der Waals surface area contributed by atoms with Crippen molar-refractivity contribution >= 4 is 23.2 Å². The van der Waals surface area contributed by atoms with Crippen molar-refractivity contribution < 1.29 is 14.3 Å². The molecule has 0 aromatic heterocycles. The van der Waals surface area contributed by atoms with E-state index in [-0.39, 0.29) is 11.8 Å². The number of carbonyl (C=O) groups is 2. The third kappa shape index (κ3) is 5.11. The molecule has 2 aromatic rings. The molecule has 2 fully saturated rings. The van der Waals surface area contributed by atoms with Crippen LogP contribution in [0.5, 0.6) is 0 Å². The summed E-state index contributed by atoms with van der Waals surface area (Å²) < 4.78 is 5.32. The molecule has 7 heteroatoms. The molecule has 2 amide bonds. The van der Waals surface area contributed by atoms with Gasteiger partial charge in [-0.1, -0.05) is 24.3 Å². The van der Waals surface area contributed by atoms with Gasteiger partial charge in [-0.25, -0.2) is 0 Å². The second kappa shape index (κ2) is 10.1. The number of nitrogens with zero attached hydrogens (tertiary/aromatic N) is 3. The van der Waals surface area contributed by atoms with Crippen LogP contribution in [-0.2, 0) is 9.53 Å². The molecule has 7 nitrogen and oxygen atoms in total. The van der Waals surface area contributed by atoms with E-state index in [4.69, 9.17) is 4.74 Å². The first kappa shape index (κ1) is 22.3. The monoisotopic (exact) mass is 436 g/mol. The Labute approximate surface area is 189 Å². The Morgan fingerprint density at radius 1 is 0.844 bits per heavy atom. The predicted molar refractivity (Wildman–Crippen MR) is 125 cm³/mol. The average Bonchev–Trinajstić information content (AvgIpc) is 2.83. The van der Waals surface area contributed by atoms with E-state index >= 15 is 0 Å². The van der Waals surface area contributed by atoms with Crippen molar-refractivity contribution in [3.8, 4) is 0 Å². The van der Waals surface area contributed by atoms with E-state index < -0.39 is 0 Å². The van der Waals surface area contributed by atoms with Crippen LogP contribution < -0.4 is 5.32 Å². The van der Waals surface area contributed by atoms with Crippen molar-refractivity contribution in [3.05, 3.63) is 59.2 Å². The quantitative estimate of drug-likeness (QED) is 0.781. The lowest BCUT2D eigenvalue weighted by atomic mass is 10.1. The summed E-state index contributed by atoms with van der Waals surface area (Å²) in [4.78, 5) is 31.7. The number of rotatable bonds is 5. The number of ether oxygens (including phenoxy) is 1. The molecule has 1 N–H and O–H groups in total. The molecule has 0 spiro atoms. The van der Waals surface area contributed by atoms with Crippen LogP contribution >= 0.6 is 0 Å². The molecule has 0 unspecified atom stereocenters. The molecule has 170 valence electrons. The molecule has 0 atom stereocenters. The van der Waals surface area contributed by atoms with Gasteiger partial charge in [0.1, 0.15) is 0 Å². The number of benzene rings is 2. The lowest BCUT2D eigenvalue weighted by Gasteiger charge is -2.36. The lowest BCUT2D eigenvalue weighted by molar-refractivity contribution is -0.136. The molecule has 0 aliphatic carbocycles. The maximum absolute atomic E-state index is 13.3. The Bertz CT molecular complexity index is 963. The minimum absolute atomic E-state index is 0.0255. The summed E-state index contributed by atoms with van der Waals surface area (Å²) in [5.74, 6) is 0.175. The Kier molecular flexibility index (Phi) is 7.07. The normalized spacial score (nSPS) is 17.3. The molecule has 0 bridgehead atoms. The second-order valence-corrected chi connectivity index (χ2v) is 8.48. The number of piperazine rings is 1. The van der Waals surface area contributed by atoms with Crippen molar-refractivity contribution in [3.63, 3.8) is 0 Å². The van der Waals surface area contributed by atoms with Crippen molar-refractivity contribution in [2.75, 3.05) is 64.3 Å². The van der Waals surface area contributed by atoms with E-state index in [0.717, 1.165) is 11.4 Å². The Morgan fingerprint density at radius 3 is 2.28 bits per heavy atom. The Balaban J connectivity index is 1.37. The van der Waals surface area contributed by atoms with E-state index in [1.807, 2.05) is 46.2 Å². The fourth-order valence-electron chi connectivity index (χ4n) is 4.19. The molecule has 2 aromatic carbocycles. The summed E-state index contributed by atoms with van der Waals surface area (Å²) in [5, 5.41) is 3.45. The highest BCUT2D eigenvalue weighted by molar-refractivity contribution is 6.00. The smallest absolute Gasteiger partial charge is 0.256 e. The minimum atomic E-state index is 0.0255. The molecule has 2 heterocycles. The Morgan fingerprint density at radius 2 is 1.53 bits per heavy atom. The topological polar surface area (TPSA) is 65.1 Å². The molecule has 2 aliphatic rings. The van der Waals surface area contributed by atoms with Crippen molar-refractivity contribution in [2.45, 2.75) is 13.8 Å². The van der Waals surface area contributed by atoms with Crippen LogP contribution in [0.15, 0.2) is 42.5 Å². The van der Waals surface area contributed by atoms with Gasteiger partial charge >= 0.3 is 0 Å². The molecule has 32 heavy (non-hydrogen) atoms. The second-order valence-electron chi connectivity index (χ2n) is 8.48. The maximum atomic E-state index is 13.3. The number of amides is 2. The van der Waals surface area contributed by atoms with Gasteiger partial charge in [0.2, 0.25) is 5.91 Å². The first-order chi connectivity index (χ1) is 15.5. The van der Waals surface area contributed by atoms with Gasteiger partial charge in [-0.2, -0.15) is 0 Å². The number of carbonyl (C=O) groups excluding carboxylic acids is 2. The first-order valence-corrected chi connectivity index (χ1v) is 11.3. The largest absolute Gasteiger partial charge is 0.378 e. The number of aryl methyl sites for hydroxylation is 1. The predicted octanol–water partition coefficient (Wildman–Crippen LogP) is 2.66. The zero-order valence-corrected chi connectivity index (χ0v) is 19.0. The van der Waals surface area contributed by atoms with E-state index in [1.165, 1.54) is 11.1 Å². The van der Waals surface area contributed by atoms with E-state index in [1.54, 1.807) is 0 Å². The average molecular weight is 437 g/mol. The summed E-state index contributed by atoms with van der Waals surface area (Å²) in [5.41, 5.74) is 4.88. The van der Waals surface area contributed by atoms with Gasteiger partial charge in [-0.05, 0) is 43.2 Å². The highest BCUT2D eigenvalue weighted by Gasteiger charge is 2.26. The van der Waals surface area contributed by atoms with E-state index in [9.17, 15) is 9.59 Å². The van der Waals surface area contributed by atoms with Gasteiger partial charge in [-0.15, -0.1) is 0 Å². The van der Waals surface area contributed by atoms with Crippen LogP contribution in [0.4, 0.5) is 11.4 Å². The number of morpholine rings is 1. The number of anilines is 2. The highest BCUT2D eigenvalue weighted by Crippen LogP contribution is 2.26. The van der Waals surface area contributed by atoms with Crippen LogP contribution in [-0.4, -0.2) is 85.5 Å². The molecule has 0 radical (unpaired) electrons. The fourth-order valence-corrected chi connectivity index (χ4v) is 4.19. The third-order valence-corrected chi connectivity index (χ3v) is 6.41. The van der Waals surface area contributed by atoms with Crippen molar-refractivity contribution in [1.29, 1.82) is 0 Å². The highest BCUT2D eigenvalue weighted by atomic mass is 16.5. The zero-order chi connectivity index (χ0) is 22.5. The van der Waals surface area contributed by atoms with Gasteiger partial charge in [0.05, 0.1) is 31.0 Å². The fraction of sp³-hybridized carbons (Fsp3) is 0.440. The van der Waals surface area contributed by atoms with E-state index in [0.29, 0.717) is 64.6 Å². The standard InChI is InChI=1S/C25H32N4O3/c1-19-6-5-9-22(20(19)2)26-23-8-4-3-7-21(23)25(31)29-12-10-27(11-13-29)18-24(30)28-14-16-32-17-15-28/h3-9,26H,10-18H2,1-2H3. The van der Waals surface area contributed by atoms with Crippen LogP contribution in [0, 0.1) is 13.8 Å². The number of hydrogen-bond acceptors (Lipinski definition) is 5. The van der Waals surface area contributed by atoms with Gasteiger partial charge in [0.25, 0.3) is 5.91 Å². The molecular weight excluding hydrogens is 404 g/mol. The van der Waals surface area contributed by atoms with E-state index in [2.05, 4.69) is 30.1 Å². The van der Waals surface area contributed by atoms with Gasteiger partial charge < -0.3 is 19.9 Å². The van der Waals surface area contributed by atoms with Crippen molar-refractivity contribution in [2.24, 2.45) is 0 Å². The first-order valence-electron chi connectivity index (χ1n) is 11.3. The lowest BCUT2D eigenvalue weighted by Crippen LogP contribution is -2.52. The van der Waals surface area contributed by atoms with Crippen molar-refractivity contribution in [1.82, 2.24) is 14.7 Å². The number of para-hydroxylation sites is 1. The molecular formula is C25H32N4O3. The summed E-state index contributed by atoms with van der Waals surface area (Å²) in [6.07, 6.45) is 0. The SMILES string of the molecule is Cc1cccc(Nc2ccccc2C(=O)N2CCN(CC(=O)N3CCOCC3)CC2)c1C. The van der Waals surface area contributed by atoms with Crippen LogP contribution in [0.1, 0.15) is 21.5 Å². The molecule has 2 saturated heterocycles. The zero-order valence-electron chi connectivity index (χ0n) is 19.0. The number of nitrogens with one attached hydrogen (secondary N) is 1. The van der Waals surface area contributed by atoms with Gasteiger partial charge in [-0.3, -0.25) is 14.5 Å². The van der Waals surface area contributed by atoms with Crippen LogP contribution in [0.25, 0.3) is 0 Å². The van der Waals surface area contributed by atoms with Gasteiger partial charge in [0.15, 0.2) is 0 Å². The summed E-state index contributed by atoms with van der Waals surface area (Å²) in [7, 11) is 0. The van der Waals surface area contributed by atoms with Crippen LogP contribution in [0.2, 0.25) is 0 Å². The molecule has 2 aliphatic heterocycles. The minimum Gasteiger partial charge on any atom is -0.378 e. The summed E-state index contributed by atoms with van der Waals surface area (Å²) >= 11 is 0. The van der Waals surface area contributed by atoms with Crippen LogP contribution in [0.3, 0.4) is 0 Å². The third-order valence-electron chi connectivity index (χ3n) is 6.41. The van der Waals surface area contributed by atoms with Gasteiger partial charge in [0, 0.05) is 45.0 Å². The molecule has 0 saturated carbocycles.